The molecule has 5 heteroatoms. The molecule has 1 aromatic heterocycles. The van der Waals surface area contributed by atoms with Crippen LogP contribution in [-0.4, -0.2) is 16.9 Å². The second kappa shape index (κ2) is 5.72. The van der Waals surface area contributed by atoms with Crippen LogP contribution in [0.15, 0.2) is 11.6 Å². The standard InChI is InChI=1S/C9H15N3OS/c1-2-3-7(10)9(13)12-6-8-11-4-5-14-8/h4-5,7H,2-3,6,10H2,1H3,(H,12,13). The lowest BCUT2D eigenvalue weighted by molar-refractivity contribution is -0.122. The summed E-state index contributed by atoms with van der Waals surface area (Å²) < 4.78 is 0. The fourth-order valence-corrected chi connectivity index (χ4v) is 1.63. The molecular formula is C9H15N3OS. The Hall–Kier alpha value is -0.940. The Morgan fingerprint density at radius 3 is 3.14 bits per heavy atom. The van der Waals surface area contributed by atoms with Crippen LogP contribution in [0.4, 0.5) is 0 Å². The van der Waals surface area contributed by atoms with Gasteiger partial charge < -0.3 is 11.1 Å². The first-order chi connectivity index (χ1) is 6.74. The van der Waals surface area contributed by atoms with Crippen molar-refractivity contribution in [1.82, 2.24) is 10.3 Å². The smallest absolute Gasteiger partial charge is 0.237 e. The summed E-state index contributed by atoms with van der Waals surface area (Å²) in [4.78, 5) is 15.4. The summed E-state index contributed by atoms with van der Waals surface area (Å²) >= 11 is 1.52. The van der Waals surface area contributed by atoms with Crippen LogP contribution in [0, 0.1) is 0 Å². The van der Waals surface area contributed by atoms with Crippen LogP contribution in [-0.2, 0) is 11.3 Å². The molecule has 1 aromatic rings. The van der Waals surface area contributed by atoms with E-state index in [1.165, 1.54) is 11.3 Å². The van der Waals surface area contributed by atoms with Crippen molar-refractivity contribution in [1.29, 1.82) is 0 Å². The minimum absolute atomic E-state index is 0.0953. The van der Waals surface area contributed by atoms with Gasteiger partial charge in [0, 0.05) is 11.6 Å². The third kappa shape index (κ3) is 3.43. The Morgan fingerprint density at radius 1 is 1.79 bits per heavy atom. The summed E-state index contributed by atoms with van der Waals surface area (Å²) in [5, 5.41) is 5.54. The van der Waals surface area contributed by atoms with Gasteiger partial charge in [-0.05, 0) is 6.42 Å². The van der Waals surface area contributed by atoms with Crippen molar-refractivity contribution in [3.05, 3.63) is 16.6 Å². The van der Waals surface area contributed by atoms with E-state index in [-0.39, 0.29) is 11.9 Å². The SMILES string of the molecule is CCCC(N)C(=O)NCc1nccs1. The maximum Gasteiger partial charge on any atom is 0.237 e. The molecule has 0 saturated heterocycles. The van der Waals surface area contributed by atoms with Gasteiger partial charge in [0.15, 0.2) is 0 Å². The number of thiazole rings is 1. The predicted octanol–water partition coefficient (Wildman–Crippen LogP) is 0.887. The van der Waals surface area contributed by atoms with E-state index in [0.29, 0.717) is 6.54 Å². The number of hydrogen-bond donors (Lipinski definition) is 2. The summed E-state index contributed by atoms with van der Waals surface area (Å²) in [5.41, 5.74) is 5.64. The van der Waals surface area contributed by atoms with Crippen LogP contribution < -0.4 is 11.1 Å². The Morgan fingerprint density at radius 2 is 2.57 bits per heavy atom. The topological polar surface area (TPSA) is 68.0 Å². The van der Waals surface area contributed by atoms with Crippen LogP contribution in [0.2, 0.25) is 0 Å². The Labute approximate surface area is 87.5 Å². The molecule has 1 heterocycles. The van der Waals surface area contributed by atoms with Crippen molar-refractivity contribution >= 4 is 17.2 Å². The van der Waals surface area contributed by atoms with Crippen molar-refractivity contribution in [2.24, 2.45) is 5.73 Å². The molecule has 1 unspecified atom stereocenters. The monoisotopic (exact) mass is 213 g/mol. The molecule has 3 N–H and O–H groups in total. The van der Waals surface area contributed by atoms with E-state index in [4.69, 9.17) is 5.73 Å². The molecule has 0 saturated carbocycles. The quantitative estimate of drug-likeness (QED) is 0.763. The molecule has 0 radical (unpaired) electrons. The maximum atomic E-state index is 11.4. The van der Waals surface area contributed by atoms with Crippen LogP contribution in [0.1, 0.15) is 24.8 Å². The fraction of sp³-hybridized carbons (Fsp3) is 0.556. The van der Waals surface area contributed by atoms with Crippen molar-refractivity contribution in [2.75, 3.05) is 0 Å². The molecule has 78 valence electrons. The number of rotatable bonds is 5. The average molecular weight is 213 g/mol. The van der Waals surface area contributed by atoms with Crippen molar-refractivity contribution < 1.29 is 4.79 Å². The highest BCUT2D eigenvalue weighted by Crippen LogP contribution is 2.03. The molecule has 0 fully saturated rings. The van der Waals surface area contributed by atoms with E-state index in [0.717, 1.165) is 17.8 Å². The molecule has 4 nitrogen and oxygen atoms in total. The Bertz CT molecular complexity index is 274. The zero-order chi connectivity index (χ0) is 10.4. The van der Waals surface area contributed by atoms with Crippen LogP contribution in [0.25, 0.3) is 0 Å². The average Bonchev–Trinajstić information content (AvgIpc) is 2.67. The van der Waals surface area contributed by atoms with Gasteiger partial charge in [0.05, 0.1) is 12.6 Å². The molecule has 0 aliphatic carbocycles. The lowest BCUT2D eigenvalue weighted by Gasteiger charge is -2.09. The van der Waals surface area contributed by atoms with Gasteiger partial charge in [-0.3, -0.25) is 4.79 Å². The first kappa shape index (κ1) is 11.1. The summed E-state index contributed by atoms with van der Waals surface area (Å²) in [6.07, 6.45) is 3.37. The number of hydrogen-bond acceptors (Lipinski definition) is 4. The highest BCUT2D eigenvalue weighted by Gasteiger charge is 2.11. The number of aromatic nitrogens is 1. The van der Waals surface area contributed by atoms with Crippen LogP contribution >= 0.6 is 11.3 Å². The summed E-state index contributed by atoms with van der Waals surface area (Å²) in [5.74, 6) is -0.0953. The minimum atomic E-state index is -0.389. The highest BCUT2D eigenvalue weighted by molar-refractivity contribution is 7.09. The van der Waals surface area contributed by atoms with E-state index in [9.17, 15) is 4.79 Å². The zero-order valence-electron chi connectivity index (χ0n) is 8.19. The summed E-state index contributed by atoms with van der Waals surface area (Å²) in [6, 6.07) is -0.389. The molecule has 1 amide bonds. The Balaban J connectivity index is 2.27. The fourth-order valence-electron chi connectivity index (χ4n) is 1.08. The normalized spacial score (nSPS) is 12.4. The van der Waals surface area contributed by atoms with Gasteiger partial charge in [-0.25, -0.2) is 4.98 Å². The minimum Gasteiger partial charge on any atom is -0.348 e. The van der Waals surface area contributed by atoms with Gasteiger partial charge >= 0.3 is 0 Å². The van der Waals surface area contributed by atoms with E-state index in [1.807, 2.05) is 12.3 Å². The molecule has 0 aromatic carbocycles. The molecule has 0 spiro atoms. The molecule has 1 rings (SSSR count). The molecule has 0 aliphatic heterocycles. The maximum absolute atomic E-state index is 11.4. The van der Waals surface area contributed by atoms with Crippen molar-refractivity contribution in [3.63, 3.8) is 0 Å². The largest absolute Gasteiger partial charge is 0.348 e. The number of nitrogens with zero attached hydrogens (tertiary/aromatic N) is 1. The molecule has 1 atom stereocenters. The number of amides is 1. The number of nitrogens with one attached hydrogen (secondary N) is 1. The summed E-state index contributed by atoms with van der Waals surface area (Å²) in [7, 11) is 0. The third-order valence-electron chi connectivity index (χ3n) is 1.83. The second-order valence-electron chi connectivity index (χ2n) is 3.04. The van der Waals surface area contributed by atoms with Gasteiger partial charge in [0.1, 0.15) is 5.01 Å². The van der Waals surface area contributed by atoms with Crippen molar-refractivity contribution in [2.45, 2.75) is 32.4 Å². The zero-order valence-corrected chi connectivity index (χ0v) is 9.01. The lowest BCUT2D eigenvalue weighted by atomic mass is 10.2. The van der Waals surface area contributed by atoms with E-state index < -0.39 is 0 Å². The van der Waals surface area contributed by atoms with Crippen molar-refractivity contribution in [3.8, 4) is 0 Å². The van der Waals surface area contributed by atoms with Gasteiger partial charge in [-0.2, -0.15) is 0 Å². The molecular weight excluding hydrogens is 198 g/mol. The number of nitrogens with two attached hydrogens (primary N) is 1. The van der Waals surface area contributed by atoms with Gasteiger partial charge in [-0.1, -0.05) is 13.3 Å². The Kier molecular flexibility index (Phi) is 4.55. The first-order valence-corrected chi connectivity index (χ1v) is 5.53. The highest BCUT2D eigenvalue weighted by atomic mass is 32.1. The number of carbonyl (C=O) groups excluding carboxylic acids is 1. The van der Waals surface area contributed by atoms with Gasteiger partial charge in [0.25, 0.3) is 0 Å². The second-order valence-corrected chi connectivity index (χ2v) is 4.02. The van der Waals surface area contributed by atoms with E-state index >= 15 is 0 Å². The van der Waals surface area contributed by atoms with Crippen LogP contribution in [0.5, 0.6) is 0 Å². The summed E-state index contributed by atoms with van der Waals surface area (Å²) in [6.45, 7) is 2.49. The predicted molar refractivity (Wildman–Crippen MR) is 56.8 cm³/mol. The molecule has 0 aliphatic rings. The van der Waals surface area contributed by atoms with Gasteiger partial charge in [0.2, 0.25) is 5.91 Å². The molecule has 14 heavy (non-hydrogen) atoms. The van der Waals surface area contributed by atoms with Gasteiger partial charge in [-0.15, -0.1) is 11.3 Å². The third-order valence-corrected chi connectivity index (χ3v) is 2.61. The first-order valence-electron chi connectivity index (χ1n) is 4.65. The van der Waals surface area contributed by atoms with E-state index in [2.05, 4.69) is 10.3 Å². The van der Waals surface area contributed by atoms with E-state index in [1.54, 1.807) is 6.20 Å². The molecule has 0 bridgehead atoms. The lowest BCUT2D eigenvalue weighted by Crippen LogP contribution is -2.40. The van der Waals surface area contributed by atoms with Crippen LogP contribution in [0.3, 0.4) is 0 Å². The number of carbonyl (C=O) groups is 1.